The Morgan fingerprint density at radius 2 is 1.90 bits per heavy atom. The average Bonchev–Trinajstić information content (AvgIpc) is 2.87. The molecule has 0 radical (unpaired) electrons. The quantitative estimate of drug-likeness (QED) is 0.911. The van der Waals surface area contributed by atoms with E-state index in [2.05, 4.69) is 44.9 Å². The molecule has 1 aliphatic heterocycles. The highest BCUT2D eigenvalue weighted by Crippen LogP contribution is 2.13. The summed E-state index contributed by atoms with van der Waals surface area (Å²) in [5.41, 5.74) is 3.66. The van der Waals surface area contributed by atoms with Gasteiger partial charge in [0, 0.05) is 31.4 Å². The first kappa shape index (κ1) is 16.7. The molecule has 0 amide bonds. The number of fused-ring (bicyclic) bond motifs is 1. The van der Waals surface area contributed by atoms with E-state index in [4.69, 9.17) is 0 Å². The van der Waals surface area contributed by atoms with E-state index < -0.39 is 0 Å². The van der Waals surface area contributed by atoms with Crippen molar-refractivity contribution in [3.63, 3.8) is 0 Å². The minimum atomic E-state index is 0. The lowest BCUT2D eigenvalue weighted by molar-refractivity contribution is 0.757. The van der Waals surface area contributed by atoms with E-state index in [9.17, 15) is 0 Å². The minimum absolute atomic E-state index is 0. The minimum Gasteiger partial charge on any atom is -0.354 e. The van der Waals surface area contributed by atoms with Gasteiger partial charge < -0.3 is 10.6 Å². The van der Waals surface area contributed by atoms with Gasteiger partial charge in [0.25, 0.3) is 0 Å². The van der Waals surface area contributed by atoms with Gasteiger partial charge in [-0.25, -0.2) is 9.97 Å². The number of hydrogen-bond donors (Lipinski definition) is 2. The highest BCUT2D eigenvalue weighted by atomic mass is 35.5. The Kier molecular flexibility index (Phi) is 6.71. The van der Waals surface area contributed by atoms with Crippen molar-refractivity contribution in [3.8, 4) is 0 Å². The molecule has 1 aromatic carbocycles. The highest BCUT2D eigenvalue weighted by molar-refractivity contribution is 5.85. The number of rotatable bonds is 4. The summed E-state index contributed by atoms with van der Waals surface area (Å²) >= 11 is 0. The summed E-state index contributed by atoms with van der Waals surface area (Å²) in [5, 5.41) is 6.54. The summed E-state index contributed by atoms with van der Waals surface area (Å²) in [6.45, 7) is 2.60. The zero-order chi connectivity index (χ0) is 12.2. The van der Waals surface area contributed by atoms with Gasteiger partial charge in [-0.15, -0.1) is 24.8 Å². The number of benzene rings is 1. The number of halogens is 2. The van der Waals surface area contributed by atoms with Crippen LogP contribution in [0.5, 0.6) is 0 Å². The van der Waals surface area contributed by atoms with Crippen molar-refractivity contribution in [1.29, 1.82) is 0 Å². The molecule has 2 aromatic rings. The van der Waals surface area contributed by atoms with Crippen LogP contribution >= 0.6 is 24.8 Å². The first-order valence-electron chi connectivity index (χ1n) is 6.25. The van der Waals surface area contributed by atoms with E-state index in [1.807, 2.05) is 12.3 Å². The standard InChI is InChI=1S/C14H16N4.2ClH/c1-2-4-11(5-3-1)6-7-16-14-17-9-12-8-15-10-13(12)18-14;;/h1-5,9,15H,6-8,10H2,(H,16,17,18);2*1H. The maximum absolute atomic E-state index is 4.50. The molecule has 1 aliphatic rings. The van der Waals surface area contributed by atoms with Gasteiger partial charge in [-0.05, 0) is 12.0 Å². The largest absolute Gasteiger partial charge is 0.354 e. The molecule has 0 bridgehead atoms. The summed E-state index contributed by atoms with van der Waals surface area (Å²) in [6.07, 6.45) is 2.90. The maximum atomic E-state index is 4.50. The molecule has 0 fully saturated rings. The number of hydrogen-bond acceptors (Lipinski definition) is 4. The Labute approximate surface area is 131 Å². The Balaban J connectivity index is 0.000001000. The topological polar surface area (TPSA) is 49.8 Å². The zero-order valence-electron chi connectivity index (χ0n) is 11.0. The van der Waals surface area contributed by atoms with Gasteiger partial charge in [-0.3, -0.25) is 0 Å². The second kappa shape index (κ2) is 8.04. The van der Waals surface area contributed by atoms with E-state index in [0.717, 1.165) is 37.7 Å². The van der Waals surface area contributed by atoms with E-state index >= 15 is 0 Å². The van der Waals surface area contributed by atoms with Crippen molar-refractivity contribution >= 4 is 30.8 Å². The van der Waals surface area contributed by atoms with Gasteiger partial charge in [-0.1, -0.05) is 30.3 Å². The van der Waals surface area contributed by atoms with Crippen molar-refractivity contribution in [2.45, 2.75) is 19.5 Å². The number of anilines is 1. The lowest BCUT2D eigenvalue weighted by Crippen LogP contribution is -2.09. The normalized spacial score (nSPS) is 12.0. The van der Waals surface area contributed by atoms with E-state index in [1.165, 1.54) is 11.1 Å². The van der Waals surface area contributed by atoms with Gasteiger partial charge in [0.2, 0.25) is 5.95 Å². The van der Waals surface area contributed by atoms with Crippen LogP contribution in [0.2, 0.25) is 0 Å². The molecule has 0 saturated heterocycles. The molecular weight excluding hydrogens is 295 g/mol. The lowest BCUT2D eigenvalue weighted by atomic mass is 10.1. The van der Waals surface area contributed by atoms with Crippen LogP contribution in [0, 0.1) is 0 Å². The molecule has 108 valence electrons. The first-order chi connectivity index (χ1) is 8.92. The van der Waals surface area contributed by atoms with Crippen LogP contribution in [0.3, 0.4) is 0 Å². The van der Waals surface area contributed by atoms with Crippen molar-refractivity contribution in [2.75, 3.05) is 11.9 Å². The number of aromatic nitrogens is 2. The van der Waals surface area contributed by atoms with Crippen LogP contribution in [-0.2, 0) is 19.5 Å². The Morgan fingerprint density at radius 1 is 1.10 bits per heavy atom. The molecule has 2 heterocycles. The molecule has 0 spiro atoms. The highest BCUT2D eigenvalue weighted by Gasteiger charge is 2.12. The molecule has 4 nitrogen and oxygen atoms in total. The van der Waals surface area contributed by atoms with Gasteiger partial charge >= 0.3 is 0 Å². The Morgan fingerprint density at radius 3 is 2.70 bits per heavy atom. The van der Waals surface area contributed by atoms with Crippen LogP contribution in [0.4, 0.5) is 5.95 Å². The molecule has 1 aromatic heterocycles. The fourth-order valence-electron chi connectivity index (χ4n) is 2.11. The molecule has 0 saturated carbocycles. The lowest BCUT2D eigenvalue weighted by Gasteiger charge is -2.06. The molecule has 3 rings (SSSR count). The molecule has 0 aliphatic carbocycles. The predicted octanol–water partition coefficient (Wildman–Crippen LogP) is 2.58. The summed E-state index contributed by atoms with van der Waals surface area (Å²) in [6, 6.07) is 10.4. The van der Waals surface area contributed by atoms with Gasteiger partial charge in [0.05, 0.1) is 5.69 Å². The Bertz CT molecular complexity index is 534. The maximum Gasteiger partial charge on any atom is 0.222 e. The van der Waals surface area contributed by atoms with Crippen LogP contribution in [-0.4, -0.2) is 16.5 Å². The molecular formula is C14H18Cl2N4. The second-order valence-electron chi connectivity index (χ2n) is 4.43. The van der Waals surface area contributed by atoms with E-state index in [0.29, 0.717) is 0 Å². The van der Waals surface area contributed by atoms with E-state index in [1.54, 1.807) is 0 Å². The molecule has 2 N–H and O–H groups in total. The first-order valence-corrected chi connectivity index (χ1v) is 6.25. The van der Waals surface area contributed by atoms with Crippen LogP contribution in [0.1, 0.15) is 16.8 Å². The third kappa shape index (κ3) is 4.07. The summed E-state index contributed by atoms with van der Waals surface area (Å²) in [5.74, 6) is 0.730. The van der Waals surface area contributed by atoms with Crippen molar-refractivity contribution in [2.24, 2.45) is 0 Å². The summed E-state index contributed by atoms with van der Waals surface area (Å²) < 4.78 is 0. The SMILES string of the molecule is Cl.Cl.c1ccc(CCNc2ncc3c(n2)CNC3)cc1. The summed E-state index contributed by atoms with van der Waals surface area (Å²) in [4.78, 5) is 8.82. The van der Waals surface area contributed by atoms with Gasteiger partial charge in [0.1, 0.15) is 0 Å². The number of nitrogens with zero attached hydrogens (tertiary/aromatic N) is 2. The third-order valence-electron chi connectivity index (χ3n) is 3.10. The fraction of sp³-hybridized carbons (Fsp3) is 0.286. The Hall–Kier alpha value is -1.36. The third-order valence-corrected chi connectivity index (χ3v) is 3.10. The average molecular weight is 313 g/mol. The van der Waals surface area contributed by atoms with E-state index in [-0.39, 0.29) is 24.8 Å². The molecule has 6 heteroatoms. The molecule has 0 unspecified atom stereocenters. The van der Waals surface area contributed by atoms with Gasteiger partial charge in [0.15, 0.2) is 0 Å². The van der Waals surface area contributed by atoms with Crippen LogP contribution in [0.25, 0.3) is 0 Å². The van der Waals surface area contributed by atoms with Crippen molar-refractivity contribution < 1.29 is 0 Å². The van der Waals surface area contributed by atoms with Gasteiger partial charge in [-0.2, -0.15) is 0 Å². The van der Waals surface area contributed by atoms with Crippen molar-refractivity contribution in [1.82, 2.24) is 15.3 Å². The second-order valence-corrected chi connectivity index (χ2v) is 4.43. The van der Waals surface area contributed by atoms with Crippen molar-refractivity contribution in [3.05, 3.63) is 53.3 Å². The monoisotopic (exact) mass is 312 g/mol. The summed E-state index contributed by atoms with van der Waals surface area (Å²) in [7, 11) is 0. The smallest absolute Gasteiger partial charge is 0.222 e. The fourth-order valence-corrected chi connectivity index (χ4v) is 2.11. The van der Waals surface area contributed by atoms with Crippen LogP contribution in [0.15, 0.2) is 36.5 Å². The molecule has 20 heavy (non-hydrogen) atoms. The number of nitrogens with one attached hydrogen (secondary N) is 2. The van der Waals surface area contributed by atoms with Crippen LogP contribution < -0.4 is 10.6 Å². The predicted molar refractivity (Wildman–Crippen MR) is 85.7 cm³/mol. The molecule has 0 atom stereocenters. The zero-order valence-corrected chi connectivity index (χ0v) is 12.6.